The second-order valence-electron chi connectivity index (χ2n) is 8.74. The molecule has 1 saturated carbocycles. The van der Waals surface area contributed by atoms with Crippen LogP contribution in [-0.4, -0.2) is 87.2 Å². The van der Waals surface area contributed by atoms with Gasteiger partial charge in [0.25, 0.3) is 0 Å². The molecular formula is C19H36IN5O2. The summed E-state index contributed by atoms with van der Waals surface area (Å²) in [4.78, 5) is 20.2. The summed E-state index contributed by atoms with van der Waals surface area (Å²) in [6, 6.07) is 0.824. The fraction of sp³-hybridized carbons (Fsp3) is 0.895. The van der Waals surface area contributed by atoms with E-state index in [4.69, 9.17) is 4.74 Å². The molecule has 156 valence electrons. The van der Waals surface area contributed by atoms with Gasteiger partial charge in [-0.05, 0) is 19.3 Å². The van der Waals surface area contributed by atoms with Crippen molar-refractivity contribution in [3.8, 4) is 0 Å². The Morgan fingerprint density at radius 2 is 1.89 bits per heavy atom. The van der Waals surface area contributed by atoms with E-state index in [0.717, 1.165) is 44.9 Å². The highest BCUT2D eigenvalue weighted by molar-refractivity contribution is 14.0. The Kier molecular flexibility index (Phi) is 7.78. The first-order chi connectivity index (χ1) is 12.3. The first-order valence-electron chi connectivity index (χ1n) is 9.87. The van der Waals surface area contributed by atoms with Crippen LogP contribution in [0.3, 0.4) is 0 Å². The van der Waals surface area contributed by atoms with Gasteiger partial charge in [0.15, 0.2) is 5.96 Å². The molecule has 3 fully saturated rings. The first kappa shape index (κ1) is 22.7. The van der Waals surface area contributed by atoms with Crippen LogP contribution >= 0.6 is 24.0 Å². The number of likely N-dealkylation sites (N-methyl/N-ethyl adjacent to an activating group) is 1. The van der Waals surface area contributed by atoms with Crippen molar-refractivity contribution in [2.45, 2.75) is 51.3 Å². The molecule has 0 aromatic rings. The fourth-order valence-corrected chi connectivity index (χ4v) is 4.70. The van der Waals surface area contributed by atoms with Gasteiger partial charge in [0.1, 0.15) is 0 Å². The van der Waals surface area contributed by atoms with E-state index >= 15 is 0 Å². The van der Waals surface area contributed by atoms with Gasteiger partial charge in [-0.2, -0.15) is 0 Å². The Bertz CT molecular complexity index is 546. The largest absolute Gasteiger partial charge is 0.377 e. The Morgan fingerprint density at radius 1 is 1.22 bits per heavy atom. The van der Waals surface area contributed by atoms with E-state index in [1.165, 1.54) is 0 Å². The highest BCUT2D eigenvalue weighted by Gasteiger charge is 2.59. The molecule has 7 nitrogen and oxygen atoms in total. The number of nitrogens with zero attached hydrogens (tertiary/aromatic N) is 3. The molecule has 1 aliphatic carbocycles. The summed E-state index contributed by atoms with van der Waals surface area (Å²) in [5, 5.41) is 7.25. The van der Waals surface area contributed by atoms with Crippen LogP contribution in [0.2, 0.25) is 0 Å². The van der Waals surface area contributed by atoms with Crippen molar-refractivity contribution >= 4 is 35.8 Å². The van der Waals surface area contributed by atoms with Gasteiger partial charge < -0.3 is 20.3 Å². The monoisotopic (exact) mass is 493 g/mol. The molecule has 0 aromatic heterocycles. The minimum absolute atomic E-state index is 0. The predicted octanol–water partition coefficient (Wildman–Crippen LogP) is 1.14. The number of halogens is 1. The van der Waals surface area contributed by atoms with Gasteiger partial charge >= 0.3 is 0 Å². The summed E-state index contributed by atoms with van der Waals surface area (Å²) < 4.78 is 5.89. The molecule has 2 saturated heterocycles. The van der Waals surface area contributed by atoms with E-state index < -0.39 is 0 Å². The van der Waals surface area contributed by atoms with Crippen LogP contribution in [0.1, 0.15) is 33.1 Å². The molecule has 3 unspecified atom stereocenters. The van der Waals surface area contributed by atoms with E-state index in [-0.39, 0.29) is 35.3 Å². The number of nitrogens with one attached hydrogen (secondary N) is 2. The van der Waals surface area contributed by atoms with Crippen molar-refractivity contribution in [2.75, 3.05) is 47.4 Å². The fourth-order valence-electron chi connectivity index (χ4n) is 4.70. The number of aliphatic imine (C=N–C) groups is 1. The number of guanidine groups is 1. The molecule has 1 amide bonds. The normalized spacial score (nSPS) is 30.7. The summed E-state index contributed by atoms with van der Waals surface area (Å²) in [5.74, 6) is 1.67. The maximum absolute atomic E-state index is 11.9. The zero-order valence-corrected chi connectivity index (χ0v) is 19.7. The van der Waals surface area contributed by atoms with Gasteiger partial charge in [-0.1, -0.05) is 13.8 Å². The number of carbonyl (C=O) groups is 1. The molecule has 27 heavy (non-hydrogen) atoms. The topological polar surface area (TPSA) is 69.2 Å². The molecule has 0 aromatic carbocycles. The average molecular weight is 493 g/mol. The van der Waals surface area contributed by atoms with Crippen molar-refractivity contribution < 1.29 is 9.53 Å². The smallest absolute Gasteiger partial charge is 0.236 e. The predicted molar refractivity (Wildman–Crippen MR) is 119 cm³/mol. The molecular weight excluding hydrogens is 457 g/mol. The van der Waals surface area contributed by atoms with E-state index in [2.05, 4.69) is 34.4 Å². The number of ether oxygens (including phenoxy) is 1. The minimum atomic E-state index is 0. The molecule has 3 rings (SSSR count). The second-order valence-corrected chi connectivity index (χ2v) is 8.74. The van der Waals surface area contributed by atoms with E-state index in [1.54, 1.807) is 4.90 Å². The highest BCUT2D eigenvalue weighted by Crippen LogP contribution is 2.52. The third-order valence-electron chi connectivity index (χ3n) is 6.40. The maximum Gasteiger partial charge on any atom is 0.236 e. The lowest BCUT2D eigenvalue weighted by Gasteiger charge is -2.55. The molecule has 0 bridgehead atoms. The second kappa shape index (κ2) is 9.26. The molecule has 3 aliphatic rings. The van der Waals surface area contributed by atoms with Gasteiger partial charge in [-0.15, -0.1) is 24.0 Å². The Balaban J connectivity index is 0.00000261. The lowest BCUT2D eigenvalue weighted by Crippen LogP contribution is -2.68. The summed E-state index contributed by atoms with van der Waals surface area (Å²) in [7, 11) is 5.47. The van der Waals surface area contributed by atoms with Crippen LogP contribution in [-0.2, 0) is 9.53 Å². The highest BCUT2D eigenvalue weighted by atomic mass is 127. The van der Waals surface area contributed by atoms with Gasteiger partial charge in [0, 0.05) is 64.3 Å². The van der Waals surface area contributed by atoms with Crippen LogP contribution in [0, 0.1) is 11.3 Å². The number of hydrogen-bond donors (Lipinski definition) is 2. The zero-order valence-electron chi connectivity index (χ0n) is 17.3. The molecule has 2 aliphatic heterocycles. The number of fused-ring (bicyclic) bond motifs is 1. The SMILES string of the molecule is CN=C(NC1CCN(CC(=O)N(C)C)CC1)NC1C2CCOC2C1(C)C.I. The van der Waals surface area contributed by atoms with E-state index in [9.17, 15) is 4.79 Å². The van der Waals surface area contributed by atoms with Crippen molar-refractivity contribution in [3.05, 3.63) is 0 Å². The molecule has 2 N–H and O–H groups in total. The minimum Gasteiger partial charge on any atom is -0.377 e. The number of carbonyl (C=O) groups excluding carboxylic acids is 1. The number of amides is 1. The Hall–Kier alpha value is -0.610. The summed E-state index contributed by atoms with van der Waals surface area (Å²) in [6.45, 7) is 7.86. The number of piperidine rings is 1. The van der Waals surface area contributed by atoms with Crippen molar-refractivity contribution in [1.82, 2.24) is 20.4 Å². The van der Waals surface area contributed by atoms with Gasteiger partial charge in [0.05, 0.1) is 12.6 Å². The lowest BCUT2D eigenvalue weighted by molar-refractivity contribution is -0.130. The third kappa shape index (κ3) is 4.87. The van der Waals surface area contributed by atoms with Gasteiger partial charge in [0.2, 0.25) is 5.91 Å². The summed E-state index contributed by atoms with van der Waals surface area (Å²) in [5.41, 5.74) is 0.148. The first-order valence-corrected chi connectivity index (χ1v) is 9.87. The maximum atomic E-state index is 11.9. The van der Waals surface area contributed by atoms with Crippen LogP contribution in [0.5, 0.6) is 0 Å². The van der Waals surface area contributed by atoms with Crippen molar-refractivity contribution in [1.29, 1.82) is 0 Å². The average Bonchev–Trinajstić information content (AvgIpc) is 3.07. The molecule has 3 atom stereocenters. The quantitative estimate of drug-likeness (QED) is 0.349. The number of likely N-dealkylation sites (tertiary alicyclic amines) is 1. The lowest BCUT2D eigenvalue weighted by atomic mass is 9.57. The Morgan fingerprint density at radius 3 is 2.48 bits per heavy atom. The molecule has 0 radical (unpaired) electrons. The van der Waals surface area contributed by atoms with E-state index in [1.807, 2.05) is 21.1 Å². The van der Waals surface area contributed by atoms with E-state index in [0.29, 0.717) is 30.7 Å². The van der Waals surface area contributed by atoms with Gasteiger partial charge in [-0.3, -0.25) is 14.7 Å². The standard InChI is InChI=1S/C19H35N5O2.HI/c1-19(2)16(14-8-11-26-17(14)19)22-18(20-3)21-13-6-9-24(10-7-13)12-15(25)23(4)5;/h13-14,16-17H,6-12H2,1-5H3,(H2,20,21,22);1H. The number of rotatable bonds is 4. The molecule has 2 heterocycles. The zero-order chi connectivity index (χ0) is 18.9. The van der Waals surface area contributed by atoms with Crippen LogP contribution in [0.4, 0.5) is 0 Å². The van der Waals surface area contributed by atoms with Crippen LogP contribution < -0.4 is 10.6 Å². The van der Waals surface area contributed by atoms with Crippen LogP contribution in [0.25, 0.3) is 0 Å². The number of hydrogen-bond acceptors (Lipinski definition) is 4. The molecule has 8 heteroatoms. The summed E-state index contributed by atoms with van der Waals surface area (Å²) >= 11 is 0. The molecule has 0 spiro atoms. The van der Waals surface area contributed by atoms with Crippen molar-refractivity contribution in [2.24, 2.45) is 16.3 Å². The van der Waals surface area contributed by atoms with Crippen molar-refractivity contribution in [3.63, 3.8) is 0 Å². The van der Waals surface area contributed by atoms with Gasteiger partial charge in [-0.25, -0.2) is 0 Å². The van der Waals surface area contributed by atoms with Crippen LogP contribution in [0.15, 0.2) is 4.99 Å². The Labute approximate surface area is 180 Å². The third-order valence-corrected chi connectivity index (χ3v) is 6.40. The summed E-state index contributed by atoms with van der Waals surface area (Å²) in [6.07, 6.45) is 3.59.